The Hall–Kier alpha value is -1.57. The third-order valence-electron chi connectivity index (χ3n) is 6.02. The number of aliphatic carboxylic acids is 1. The number of carboxylic acid groups (broad SMARTS) is 1. The third kappa shape index (κ3) is 7.48. The summed E-state index contributed by atoms with van der Waals surface area (Å²) in [6, 6.07) is 19.8. The van der Waals surface area contributed by atoms with E-state index in [1.54, 1.807) is 42.5 Å². The van der Waals surface area contributed by atoms with Crippen LogP contribution in [0.15, 0.2) is 66.7 Å². The van der Waals surface area contributed by atoms with E-state index in [1.165, 1.54) is 0 Å². The molecule has 4 rings (SSSR count). The molecule has 0 bridgehead atoms. The van der Waals surface area contributed by atoms with Gasteiger partial charge in [-0.2, -0.15) is 0 Å². The first-order valence-electron chi connectivity index (χ1n) is 11.2. The van der Waals surface area contributed by atoms with Gasteiger partial charge in [-0.3, -0.25) is 4.79 Å². The molecule has 1 aliphatic carbocycles. The van der Waals surface area contributed by atoms with Gasteiger partial charge in [-0.05, 0) is 55.3 Å². The zero-order valence-corrected chi connectivity index (χ0v) is 24.5. The minimum atomic E-state index is -1.14. The molecule has 0 aromatic heterocycles. The number of rotatable bonds is 6. The standard InChI is InChI=1S/C14H11Cl2NO2.C13H16ClNO.Na/c15-10-5-3-6-11(16)14(10)17-12-7-2-1-4-9(12)8-13(18)19;1-15-13(9-5-4-8-12(13)16)10-6-2-3-7-11(10)14;/h1-7,17H,8H2,(H,18,19);2-3,6-7,15H,4-5,8-9H2,1H3;/q;;+1/p-1. The summed E-state index contributed by atoms with van der Waals surface area (Å²) < 4.78 is 0. The monoisotopic (exact) mass is 554 g/mol. The van der Waals surface area contributed by atoms with Crippen molar-refractivity contribution in [1.29, 1.82) is 0 Å². The van der Waals surface area contributed by atoms with Crippen molar-refractivity contribution in [3.05, 3.63) is 92.9 Å². The number of hydrogen-bond donors (Lipinski definition) is 2. The molecule has 0 heterocycles. The fraction of sp³-hybridized carbons (Fsp3) is 0.259. The minimum absolute atomic E-state index is 0. The molecule has 0 spiro atoms. The van der Waals surface area contributed by atoms with Crippen LogP contribution < -0.4 is 45.3 Å². The molecule has 3 aromatic rings. The molecule has 1 unspecified atom stereocenters. The van der Waals surface area contributed by atoms with Crippen molar-refractivity contribution in [2.75, 3.05) is 12.4 Å². The molecule has 36 heavy (non-hydrogen) atoms. The number of Topliss-reactive ketones (excluding diaryl/α,β-unsaturated/α-hetero) is 1. The molecule has 1 saturated carbocycles. The number of hydrogen-bond acceptors (Lipinski definition) is 5. The van der Waals surface area contributed by atoms with Crippen molar-refractivity contribution in [3.63, 3.8) is 0 Å². The molecule has 0 aliphatic heterocycles. The molecule has 184 valence electrons. The average molecular weight is 556 g/mol. The molecule has 0 saturated heterocycles. The van der Waals surface area contributed by atoms with Crippen LogP contribution >= 0.6 is 34.8 Å². The maximum atomic E-state index is 12.2. The first kappa shape index (κ1) is 30.7. The Balaban J connectivity index is 0.000000250. The second-order valence-electron chi connectivity index (χ2n) is 8.19. The van der Waals surface area contributed by atoms with Crippen LogP contribution in [-0.2, 0) is 21.5 Å². The fourth-order valence-corrected chi connectivity index (χ4v) is 5.01. The van der Waals surface area contributed by atoms with Crippen LogP contribution in [0.5, 0.6) is 0 Å². The second kappa shape index (κ2) is 14.4. The number of carboxylic acids is 1. The Labute approximate surface area is 248 Å². The Morgan fingerprint density at radius 2 is 1.53 bits per heavy atom. The van der Waals surface area contributed by atoms with E-state index in [0.29, 0.717) is 38.4 Å². The Bertz CT molecular complexity index is 1190. The van der Waals surface area contributed by atoms with Gasteiger partial charge in [0.05, 0.1) is 15.7 Å². The number of benzene rings is 3. The van der Waals surface area contributed by atoms with Crippen LogP contribution in [-0.4, -0.2) is 18.8 Å². The smallest absolute Gasteiger partial charge is 0.550 e. The fourth-order valence-electron chi connectivity index (χ4n) is 4.22. The van der Waals surface area contributed by atoms with Crippen LogP contribution in [0.1, 0.15) is 36.8 Å². The quantitative estimate of drug-likeness (QED) is 0.457. The first-order valence-corrected chi connectivity index (χ1v) is 12.4. The van der Waals surface area contributed by atoms with Crippen LogP contribution in [0, 0.1) is 0 Å². The van der Waals surface area contributed by atoms with Crippen LogP contribution in [0.25, 0.3) is 0 Å². The van der Waals surface area contributed by atoms with Crippen molar-refractivity contribution >= 4 is 57.9 Å². The van der Waals surface area contributed by atoms with Crippen molar-refractivity contribution < 1.29 is 44.3 Å². The third-order valence-corrected chi connectivity index (χ3v) is 6.98. The topological polar surface area (TPSA) is 81.3 Å². The molecular weight excluding hydrogens is 530 g/mol. The van der Waals surface area contributed by atoms with Gasteiger partial charge in [-0.15, -0.1) is 0 Å². The van der Waals surface area contributed by atoms with E-state index in [1.807, 2.05) is 31.3 Å². The largest absolute Gasteiger partial charge is 1.00 e. The summed E-state index contributed by atoms with van der Waals surface area (Å²) in [6.45, 7) is 0. The number of nitrogens with one attached hydrogen (secondary N) is 2. The van der Waals surface area contributed by atoms with Gasteiger partial charge in [-0.25, -0.2) is 0 Å². The number of halogens is 3. The predicted molar refractivity (Wildman–Crippen MR) is 141 cm³/mol. The summed E-state index contributed by atoms with van der Waals surface area (Å²) in [7, 11) is 1.84. The van der Waals surface area contributed by atoms with Gasteiger partial charge < -0.3 is 20.5 Å². The summed E-state index contributed by atoms with van der Waals surface area (Å²) in [6.07, 6.45) is 3.37. The molecule has 0 amide bonds. The second-order valence-corrected chi connectivity index (χ2v) is 9.41. The van der Waals surface area contributed by atoms with E-state index < -0.39 is 11.5 Å². The van der Waals surface area contributed by atoms with E-state index in [9.17, 15) is 14.7 Å². The maximum Gasteiger partial charge on any atom is 1.00 e. The van der Waals surface area contributed by atoms with Crippen molar-refractivity contribution in [1.82, 2.24) is 5.32 Å². The van der Waals surface area contributed by atoms with Gasteiger partial charge in [-0.1, -0.05) is 83.7 Å². The molecule has 2 N–H and O–H groups in total. The van der Waals surface area contributed by atoms with Gasteiger partial charge in [0, 0.05) is 29.5 Å². The van der Waals surface area contributed by atoms with E-state index in [4.69, 9.17) is 34.8 Å². The summed E-state index contributed by atoms with van der Waals surface area (Å²) in [5.74, 6) is -0.881. The van der Waals surface area contributed by atoms with E-state index >= 15 is 0 Å². The molecule has 9 heteroatoms. The number of para-hydroxylation sites is 2. The number of ketones is 1. The number of carbonyl (C=O) groups excluding carboxylic acids is 2. The average Bonchev–Trinajstić information content (AvgIpc) is 2.84. The Morgan fingerprint density at radius 3 is 2.14 bits per heavy atom. The number of anilines is 2. The summed E-state index contributed by atoms with van der Waals surface area (Å²) in [5, 5.41) is 18.6. The molecule has 1 atom stereocenters. The van der Waals surface area contributed by atoms with Gasteiger partial charge >= 0.3 is 29.6 Å². The zero-order chi connectivity index (χ0) is 25.4. The van der Waals surface area contributed by atoms with E-state index in [0.717, 1.165) is 24.8 Å². The molecule has 1 aliphatic rings. The van der Waals surface area contributed by atoms with Gasteiger partial charge in [0.25, 0.3) is 0 Å². The van der Waals surface area contributed by atoms with Gasteiger partial charge in [0.2, 0.25) is 0 Å². The van der Waals surface area contributed by atoms with Crippen LogP contribution in [0.2, 0.25) is 15.1 Å². The zero-order valence-electron chi connectivity index (χ0n) is 20.2. The molecule has 1 fully saturated rings. The first-order chi connectivity index (χ1) is 16.8. The Morgan fingerprint density at radius 1 is 0.917 bits per heavy atom. The molecule has 0 radical (unpaired) electrons. The summed E-state index contributed by atoms with van der Waals surface area (Å²) in [4.78, 5) is 22.9. The predicted octanol–water partition coefficient (Wildman–Crippen LogP) is 2.93. The van der Waals surface area contributed by atoms with Crippen molar-refractivity contribution in [2.45, 2.75) is 37.6 Å². The minimum Gasteiger partial charge on any atom is -0.550 e. The van der Waals surface area contributed by atoms with Crippen molar-refractivity contribution in [2.24, 2.45) is 0 Å². The summed E-state index contributed by atoms with van der Waals surface area (Å²) in [5.41, 5.74) is 2.16. The van der Waals surface area contributed by atoms with Gasteiger partial charge in [0.1, 0.15) is 5.54 Å². The van der Waals surface area contributed by atoms with Crippen LogP contribution in [0.3, 0.4) is 0 Å². The van der Waals surface area contributed by atoms with Gasteiger partial charge in [0.15, 0.2) is 5.78 Å². The number of carbonyl (C=O) groups is 2. The van der Waals surface area contributed by atoms with Crippen LogP contribution in [0.4, 0.5) is 11.4 Å². The Kier molecular flexibility index (Phi) is 12.3. The van der Waals surface area contributed by atoms with Crippen molar-refractivity contribution in [3.8, 4) is 0 Å². The number of likely N-dealkylation sites (N-methyl/N-ethyl adjacent to an activating group) is 1. The summed E-state index contributed by atoms with van der Waals surface area (Å²) >= 11 is 18.3. The molecule has 3 aromatic carbocycles. The molecule has 5 nitrogen and oxygen atoms in total. The molecular formula is C27H26Cl3N2NaO3. The normalized spacial score (nSPS) is 16.8. The SMILES string of the molecule is CNC1(c2ccccc2Cl)CCCCC1=O.O=C([O-])Cc1ccccc1Nc1c(Cl)cccc1Cl.[Na+]. The maximum absolute atomic E-state index is 12.2. The van der Waals surface area contributed by atoms with E-state index in [2.05, 4.69) is 10.6 Å². The van der Waals surface area contributed by atoms with E-state index in [-0.39, 0.29) is 41.8 Å².